The molecular weight excluding hydrogens is 261 g/mol. The summed E-state index contributed by atoms with van der Waals surface area (Å²) in [5.41, 5.74) is -0.821. The van der Waals surface area contributed by atoms with E-state index in [1.165, 1.54) is 13.2 Å². The van der Waals surface area contributed by atoms with E-state index < -0.39 is 17.7 Å². The highest BCUT2D eigenvalue weighted by molar-refractivity contribution is 5.75. The zero-order valence-electron chi connectivity index (χ0n) is 10.9. The van der Waals surface area contributed by atoms with Crippen LogP contribution >= 0.6 is 0 Å². The van der Waals surface area contributed by atoms with Gasteiger partial charge in [-0.15, -0.1) is 0 Å². The number of carbonyl (C=O) groups excluding carboxylic acids is 1. The Balaban J connectivity index is 2.95. The van der Waals surface area contributed by atoms with E-state index in [0.29, 0.717) is 5.82 Å². The molecule has 0 amide bonds. The minimum absolute atomic E-state index is 0.0630. The number of methoxy groups -OCH3 is 1. The van der Waals surface area contributed by atoms with Gasteiger partial charge in [-0.05, 0) is 26.0 Å². The summed E-state index contributed by atoms with van der Waals surface area (Å²) in [5.74, 6) is -0.177. The molecule has 0 unspecified atom stereocenters. The Kier molecular flexibility index (Phi) is 4.74. The van der Waals surface area contributed by atoms with Crippen LogP contribution in [0.25, 0.3) is 0 Å². The molecule has 0 radical (unpaired) electrons. The summed E-state index contributed by atoms with van der Waals surface area (Å²) in [4.78, 5) is 16.6. The molecule has 0 spiro atoms. The van der Waals surface area contributed by atoms with E-state index in [4.69, 9.17) is 0 Å². The van der Waals surface area contributed by atoms with Gasteiger partial charge in [-0.1, -0.05) is 0 Å². The quantitative estimate of drug-likeness (QED) is 0.792. The molecule has 0 aliphatic rings. The van der Waals surface area contributed by atoms with Crippen molar-refractivity contribution < 1.29 is 22.7 Å². The SMILES string of the molecule is COC(=O)CN(c1ccc(C(F)(F)F)cn1)C(C)C. The van der Waals surface area contributed by atoms with Crippen LogP contribution in [0.4, 0.5) is 19.0 Å². The number of halogens is 3. The fourth-order valence-corrected chi connectivity index (χ4v) is 1.46. The number of ether oxygens (including phenoxy) is 1. The maximum Gasteiger partial charge on any atom is 0.417 e. The lowest BCUT2D eigenvalue weighted by molar-refractivity contribution is -0.139. The van der Waals surface area contributed by atoms with Gasteiger partial charge in [0.25, 0.3) is 0 Å². The number of nitrogens with zero attached hydrogens (tertiary/aromatic N) is 2. The van der Waals surface area contributed by atoms with Gasteiger partial charge in [0.2, 0.25) is 0 Å². The molecule has 1 aromatic heterocycles. The average Bonchev–Trinajstić information content (AvgIpc) is 2.34. The Bertz CT molecular complexity index is 430. The molecule has 0 saturated carbocycles. The molecular formula is C12H15F3N2O2. The summed E-state index contributed by atoms with van der Waals surface area (Å²) in [6.45, 7) is 3.55. The van der Waals surface area contributed by atoms with Crippen molar-refractivity contribution in [3.8, 4) is 0 Å². The molecule has 7 heteroatoms. The van der Waals surface area contributed by atoms with Crippen LogP contribution in [0.15, 0.2) is 18.3 Å². The van der Waals surface area contributed by atoms with Crippen LogP contribution in [0.5, 0.6) is 0 Å². The molecule has 1 rings (SSSR count). The molecule has 19 heavy (non-hydrogen) atoms. The van der Waals surface area contributed by atoms with Crippen LogP contribution in [-0.4, -0.2) is 30.6 Å². The Morgan fingerprint density at radius 3 is 2.42 bits per heavy atom. The van der Waals surface area contributed by atoms with Crippen LogP contribution in [0.2, 0.25) is 0 Å². The van der Waals surface area contributed by atoms with E-state index in [9.17, 15) is 18.0 Å². The largest absolute Gasteiger partial charge is 0.468 e. The highest BCUT2D eigenvalue weighted by Crippen LogP contribution is 2.29. The van der Waals surface area contributed by atoms with Crippen LogP contribution < -0.4 is 4.90 Å². The molecule has 0 N–H and O–H groups in total. The highest BCUT2D eigenvalue weighted by Gasteiger charge is 2.31. The van der Waals surface area contributed by atoms with Gasteiger partial charge in [0.15, 0.2) is 0 Å². The summed E-state index contributed by atoms with van der Waals surface area (Å²) >= 11 is 0. The lowest BCUT2D eigenvalue weighted by Gasteiger charge is -2.26. The Labute approximate surface area is 109 Å². The summed E-state index contributed by atoms with van der Waals surface area (Å²) < 4.78 is 41.8. The van der Waals surface area contributed by atoms with Crippen molar-refractivity contribution in [3.63, 3.8) is 0 Å². The first kappa shape index (κ1) is 15.3. The van der Waals surface area contributed by atoms with Crippen molar-refractivity contribution in [1.82, 2.24) is 4.98 Å². The number of aromatic nitrogens is 1. The standard InChI is InChI=1S/C12H15F3N2O2/c1-8(2)17(7-11(18)19-3)10-5-4-9(6-16-10)12(13,14)15/h4-6,8H,7H2,1-3H3. The number of hydrogen-bond donors (Lipinski definition) is 0. The average molecular weight is 276 g/mol. The van der Waals surface area contributed by atoms with Crippen molar-refractivity contribution in [2.45, 2.75) is 26.1 Å². The first-order valence-corrected chi connectivity index (χ1v) is 5.62. The van der Waals surface area contributed by atoms with E-state index in [0.717, 1.165) is 12.3 Å². The van der Waals surface area contributed by atoms with Gasteiger partial charge in [-0.3, -0.25) is 4.79 Å². The second-order valence-electron chi connectivity index (χ2n) is 4.20. The van der Waals surface area contributed by atoms with Crippen molar-refractivity contribution in [2.75, 3.05) is 18.6 Å². The smallest absolute Gasteiger partial charge is 0.417 e. The molecule has 0 fully saturated rings. The van der Waals surface area contributed by atoms with Gasteiger partial charge >= 0.3 is 12.1 Å². The van der Waals surface area contributed by atoms with Gasteiger partial charge < -0.3 is 9.64 Å². The zero-order chi connectivity index (χ0) is 14.6. The number of alkyl halides is 3. The molecule has 0 saturated heterocycles. The van der Waals surface area contributed by atoms with Gasteiger partial charge in [0.05, 0.1) is 12.7 Å². The molecule has 1 heterocycles. The molecule has 0 bridgehead atoms. The highest BCUT2D eigenvalue weighted by atomic mass is 19.4. The van der Waals surface area contributed by atoms with Crippen molar-refractivity contribution in [1.29, 1.82) is 0 Å². The van der Waals surface area contributed by atoms with Crippen molar-refractivity contribution >= 4 is 11.8 Å². The van der Waals surface area contributed by atoms with E-state index in [1.54, 1.807) is 4.90 Å². The summed E-state index contributed by atoms with van der Waals surface area (Å²) in [7, 11) is 1.25. The molecule has 0 aliphatic heterocycles. The predicted octanol–water partition coefficient (Wildman–Crippen LogP) is 2.49. The third-order valence-corrected chi connectivity index (χ3v) is 2.52. The summed E-state index contributed by atoms with van der Waals surface area (Å²) in [6.07, 6.45) is -3.67. The van der Waals surface area contributed by atoms with Gasteiger partial charge in [0, 0.05) is 12.2 Å². The Morgan fingerprint density at radius 2 is 2.05 bits per heavy atom. The number of anilines is 1. The predicted molar refractivity (Wildman–Crippen MR) is 63.7 cm³/mol. The molecule has 0 aliphatic carbocycles. The van der Waals surface area contributed by atoms with Crippen LogP contribution in [-0.2, 0) is 15.7 Å². The van der Waals surface area contributed by atoms with E-state index in [1.807, 2.05) is 13.8 Å². The van der Waals surface area contributed by atoms with Crippen LogP contribution in [0.1, 0.15) is 19.4 Å². The Morgan fingerprint density at radius 1 is 1.42 bits per heavy atom. The van der Waals surface area contributed by atoms with E-state index in [2.05, 4.69) is 9.72 Å². The maximum atomic E-state index is 12.4. The molecule has 0 aromatic carbocycles. The number of esters is 1. The van der Waals surface area contributed by atoms with E-state index in [-0.39, 0.29) is 12.6 Å². The van der Waals surface area contributed by atoms with Crippen LogP contribution in [0, 0.1) is 0 Å². The number of pyridine rings is 1. The van der Waals surface area contributed by atoms with E-state index >= 15 is 0 Å². The van der Waals surface area contributed by atoms with Crippen LogP contribution in [0.3, 0.4) is 0 Å². The first-order valence-electron chi connectivity index (χ1n) is 5.62. The van der Waals surface area contributed by atoms with Crippen molar-refractivity contribution in [3.05, 3.63) is 23.9 Å². The van der Waals surface area contributed by atoms with Crippen molar-refractivity contribution in [2.24, 2.45) is 0 Å². The summed E-state index contributed by atoms with van der Waals surface area (Å²) in [6, 6.07) is 2.09. The summed E-state index contributed by atoms with van der Waals surface area (Å²) in [5, 5.41) is 0. The third-order valence-electron chi connectivity index (χ3n) is 2.52. The second-order valence-corrected chi connectivity index (χ2v) is 4.20. The fraction of sp³-hybridized carbons (Fsp3) is 0.500. The Hall–Kier alpha value is -1.79. The third kappa shape index (κ3) is 4.11. The molecule has 4 nitrogen and oxygen atoms in total. The zero-order valence-corrected chi connectivity index (χ0v) is 10.9. The maximum absolute atomic E-state index is 12.4. The lowest BCUT2D eigenvalue weighted by atomic mass is 10.2. The number of hydrogen-bond acceptors (Lipinski definition) is 4. The lowest BCUT2D eigenvalue weighted by Crippen LogP contribution is -2.36. The number of rotatable bonds is 4. The normalized spacial score (nSPS) is 11.5. The first-order chi connectivity index (χ1) is 8.75. The monoisotopic (exact) mass is 276 g/mol. The fourth-order valence-electron chi connectivity index (χ4n) is 1.46. The molecule has 1 aromatic rings. The topological polar surface area (TPSA) is 42.4 Å². The van der Waals surface area contributed by atoms with Gasteiger partial charge in [0.1, 0.15) is 12.4 Å². The molecule has 0 atom stereocenters. The van der Waals surface area contributed by atoms with Gasteiger partial charge in [-0.25, -0.2) is 4.98 Å². The number of carbonyl (C=O) groups is 1. The minimum Gasteiger partial charge on any atom is -0.468 e. The second kappa shape index (κ2) is 5.90. The molecule has 106 valence electrons. The van der Waals surface area contributed by atoms with Gasteiger partial charge in [-0.2, -0.15) is 13.2 Å². The minimum atomic E-state index is -4.42.